The van der Waals surface area contributed by atoms with E-state index in [0.29, 0.717) is 17.0 Å². The average Bonchev–Trinajstić information content (AvgIpc) is 2.53. The SMILES string of the molecule is CC(=O)Nc1ccc(C(C)=O)cc1OCC(=O)N1CCCCC1. The molecule has 6 heteroatoms. The van der Waals surface area contributed by atoms with Crippen molar-refractivity contribution in [1.29, 1.82) is 0 Å². The first-order valence-electron chi connectivity index (χ1n) is 7.80. The van der Waals surface area contributed by atoms with Crippen LogP contribution in [0, 0.1) is 0 Å². The van der Waals surface area contributed by atoms with Crippen LogP contribution in [-0.2, 0) is 9.59 Å². The molecule has 0 radical (unpaired) electrons. The van der Waals surface area contributed by atoms with E-state index in [2.05, 4.69) is 5.32 Å². The maximum absolute atomic E-state index is 12.2. The summed E-state index contributed by atoms with van der Waals surface area (Å²) in [4.78, 5) is 36.7. The van der Waals surface area contributed by atoms with Gasteiger partial charge in [0.15, 0.2) is 12.4 Å². The number of hydrogen-bond acceptors (Lipinski definition) is 4. The summed E-state index contributed by atoms with van der Waals surface area (Å²) in [6.45, 7) is 4.26. The molecule has 2 amide bonds. The van der Waals surface area contributed by atoms with Crippen LogP contribution in [0.3, 0.4) is 0 Å². The Hall–Kier alpha value is -2.37. The summed E-state index contributed by atoms with van der Waals surface area (Å²) in [6, 6.07) is 4.78. The van der Waals surface area contributed by atoms with E-state index < -0.39 is 0 Å². The van der Waals surface area contributed by atoms with Gasteiger partial charge >= 0.3 is 0 Å². The molecule has 0 aromatic heterocycles. The molecule has 23 heavy (non-hydrogen) atoms. The Kier molecular flexibility index (Phi) is 5.73. The van der Waals surface area contributed by atoms with Crippen LogP contribution in [0.1, 0.15) is 43.5 Å². The number of ketones is 1. The lowest BCUT2D eigenvalue weighted by atomic mass is 10.1. The van der Waals surface area contributed by atoms with Crippen LogP contribution in [0.15, 0.2) is 18.2 Å². The van der Waals surface area contributed by atoms with E-state index in [1.165, 1.54) is 13.8 Å². The number of amides is 2. The van der Waals surface area contributed by atoms with Gasteiger partial charge in [0.1, 0.15) is 5.75 Å². The summed E-state index contributed by atoms with van der Waals surface area (Å²) in [5, 5.41) is 2.64. The van der Waals surface area contributed by atoms with Gasteiger partial charge in [0.05, 0.1) is 5.69 Å². The van der Waals surface area contributed by atoms with Crippen molar-refractivity contribution in [3.05, 3.63) is 23.8 Å². The maximum atomic E-state index is 12.2. The van der Waals surface area contributed by atoms with E-state index in [0.717, 1.165) is 32.4 Å². The Morgan fingerprint density at radius 1 is 1.13 bits per heavy atom. The van der Waals surface area contributed by atoms with Crippen LogP contribution in [0.25, 0.3) is 0 Å². The fourth-order valence-corrected chi connectivity index (χ4v) is 2.53. The molecule has 1 aliphatic heterocycles. The Labute approximate surface area is 135 Å². The number of likely N-dealkylation sites (tertiary alicyclic amines) is 1. The Balaban J connectivity index is 2.09. The lowest BCUT2D eigenvalue weighted by Crippen LogP contribution is -2.38. The zero-order chi connectivity index (χ0) is 16.8. The summed E-state index contributed by atoms with van der Waals surface area (Å²) in [5.41, 5.74) is 0.925. The first kappa shape index (κ1) is 17.0. The van der Waals surface area contributed by atoms with Crippen molar-refractivity contribution in [2.75, 3.05) is 25.0 Å². The number of benzene rings is 1. The number of carbonyl (C=O) groups is 3. The zero-order valence-electron chi connectivity index (χ0n) is 13.6. The van der Waals surface area contributed by atoms with Crippen molar-refractivity contribution in [2.24, 2.45) is 0 Å². The van der Waals surface area contributed by atoms with Gasteiger partial charge < -0.3 is 15.0 Å². The standard InChI is InChI=1S/C17H22N2O4/c1-12(20)14-6-7-15(18-13(2)21)16(10-14)23-11-17(22)19-8-4-3-5-9-19/h6-7,10H,3-5,8-9,11H2,1-2H3,(H,18,21). The lowest BCUT2D eigenvalue weighted by molar-refractivity contribution is -0.134. The van der Waals surface area contributed by atoms with Gasteiger partial charge in [0.25, 0.3) is 5.91 Å². The van der Waals surface area contributed by atoms with Gasteiger partial charge in [0, 0.05) is 25.6 Å². The molecule has 0 saturated carbocycles. The van der Waals surface area contributed by atoms with Crippen LogP contribution >= 0.6 is 0 Å². The molecule has 0 atom stereocenters. The molecule has 1 heterocycles. The third-order valence-corrected chi connectivity index (χ3v) is 3.76. The van der Waals surface area contributed by atoms with Gasteiger partial charge in [-0.2, -0.15) is 0 Å². The second-order valence-electron chi connectivity index (χ2n) is 5.68. The summed E-state index contributed by atoms with van der Waals surface area (Å²) in [5.74, 6) is -0.0932. The molecule has 1 N–H and O–H groups in total. The molecule has 1 saturated heterocycles. The minimum absolute atomic E-state index is 0.0771. The molecule has 2 rings (SSSR count). The largest absolute Gasteiger partial charge is 0.482 e. The van der Waals surface area contributed by atoms with Crippen molar-refractivity contribution in [2.45, 2.75) is 33.1 Å². The molecule has 0 bridgehead atoms. The highest BCUT2D eigenvalue weighted by molar-refractivity contribution is 5.96. The van der Waals surface area contributed by atoms with Crippen LogP contribution in [-0.4, -0.2) is 42.2 Å². The van der Waals surface area contributed by atoms with Crippen molar-refractivity contribution >= 4 is 23.3 Å². The summed E-state index contributed by atoms with van der Waals surface area (Å²) >= 11 is 0. The van der Waals surface area contributed by atoms with Crippen LogP contribution in [0.5, 0.6) is 5.75 Å². The normalized spacial score (nSPS) is 14.3. The Morgan fingerprint density at radius 3 is 2.43 bits per heavy atom. The number of rotatable bonds is 5. The molecule has 1 fully saturated rings. The van der Waals surface area contributed by atoms with Crippen molar-refractivity contribution in [3.63, 3.8) is 0 Å². The van der Waals surface area contributed by atoms with Crippen LogP contribution < -0.4 is 10.1 Å². The molecular weight excluding hydrogens is 296 g/mol. The molecule has 1 aromatic carbocycles. The number of nitrogens with one attached hydrogen (secondary N) is 1. The van der Waals surface area contributed by atoms with Crippen LogP contribution in [0.2, 0.25) is 0 Å². The van der Waals surface area contributed by atoms with E-state index in [9.17, 15) is 14.4 Å². The number of anilines is 1. The zero-order valence-corrected chi connectivity index (χ0v) is 13.6. The average molecular weight is 318 g/mol. The minimum atomic E-state index is -0.243. The fourth-order valence-electron chi connectivity index (χ4n) is 2.53. The molecule has 0 unspecified atom stereocenters. The second-order valence-corrected chi connectivity index (χ2v) is 5.68. The Bertz CT molecular complexity index is 607. The van der Waals surface area contributed by atoms with Gasteiger partial charge in [-0.15, -0.1) is 0 Å². The monoisotopic (exact) mass is 318 g/mol. The van der Waals surface area contributed by atoms with E-state index in [-0.39, 0.29) is 24.2 Å². The molecule has 0 spiro atoms. The predicted molar refractivity (Wildman–Crippen MR) is 86.7 cm³/mol. The number of hydrogen-bond donors (Lipinski definition) is 1. The maximum Gasteiger partial charge on any atom is 0.260 e. The first-order chi connectivity index (χ1) is 11.0. The highest BCUT2D eigenvalue weighted by atomic mass is 16.5. The van der Waals surface area contributed by atoms with E-state index in [4.69, 9.17) is 4.74 Å². The van der Waals surface area contributed by atoms with Gasteiger partial charge in [0.2, 0.25) is 5.91 Å². The van der Waals surface area contributed by atoms with E-state index in [1.807, 2.05) is 0 Å². The molecule has 1 aliphatic rings. The van der Waals surface area contributed by atoms with Gasteiger partial charge in [-0.1, -0.05) is 0 Å². The first-order valence-corrected chi connectivity index (χ1v) is 7.80. The second kappa shape index (κ2) is 7.76. The number of nitrogens with zero attached hydrogens (tertiary/aromatic N) is 1. The molecule has 124 valence electrons. The predicted octanol–water partition coefficient (Wildman–Crippen LogP) is 2.24. The van der Waals surface area contributed by atoms with E-state index >= 15 is 0 Å². The summed E-state index contributed by atoms with van der Waals surface area (Å²) < 4.78 is 5.59. The number of carbonyl (C=O) groups excluding carboxylic acids is 3. The third kappa shape index (κ3) is 4.81. The van der Waals surface area contributed by atoms with Crippen molar-refractivity contribution in [3.8, 4) is 5.75 Å². The van der Waals surface area contributed by atoms with Gasteiger partial charge in [-0.05, 0) is 44.4 Å². The minimum Gasteiger partial charge on any atom is -0.482 e. The van der Waals surface area contributed by atoms with Crippen molar-refractivity contribution < 1.29 is 19.1 Å². The fraction of sp³-hybridized carbons (Fsp3) is 0.471. The van der Waals surface area contributed by atoms with Crippen LogP contribution in [0.4, 0.5) is 5.69 Å². The smallest absolute Gasteiger partial charge is 0.260 e. The van der Waals surface area contributed by atoms with Gasteiger partial charge in [-0.3, -0.25) is 14.4 Å². The third-order valence-electron chi connectivity index (χ3n) is 3.76. The highest BCUT2D eigenvalue weighted by Crippen LogP contribution is 2.26. The van der Waals surface area contributed by atoms with Gasteiger partial charge in [-0.25, -0.2) is 0 Å². The molecule has 0 aliphatic carbocycles. The molecular formula is C17H22N2O4. The summed E-state index contributed by atoms with van der Waals surface area (Å²) in [7, 11) is 0. The number of piperidine rings is 1. The molecule has 1 aromatic rings. The summed E-state index contributed by atoms with van der Waals surface area (Å²) in [6.07, 6.45) is 3.18. The number of Topliss-reactive ketones (excluding diaryl/α,β-unsaturated/α-hetero) is 1. The Morgan fingerprint density at radius 2 is 1.83 bits per heavy atom. The van der Waals surface area contributed by atoms with E-state index in [1.54, 1.807) is 23.1 Å². The quantitative estimate of drug-likeness (QED) is 0.845. The lowest BCUT2D eigenvalue weighted by Gasteiger charge is -2.26. The van der Waals surface area contributed by atoms with Crippen molar-refractivity contribution in [1.82, 2.24) is 4.90 Å². The highest BCUT2D eigenvalue weighted by Gasteiger charge is 2.18. The molecule has 6 nitrogen and oxygen atoms in total. The number of ether oxygens (including phenoxy) is 1. The topological polar surface area (TPSA) is 75.7 Å².